The minimum absolute atomic E-state index is 0.0275. The van der Waals surface area contributed by atoms with Crippen LogP contribution in [0.25, 0.3) is 0 Å². The average molecular weight is 401 g/mol. The Bertz CT molecular complexity index is 868. The number of amides is 1. The topological polar surface area (TPSA) is 75.3 Å². The predicted molar refractivity (Wildman–Crippen MR) is 101 cm³/mol. The Balaban J connectivity index is 2.10. The first-order chi connectivity index (χ1) is 11.7. The number of sulfonamides is 1. The summed E-state index contributed by atoms with van der Waals surface area (Å²) in [6.07, 6.45) is 0.894. The molecule has 0 aliphatic rings. The van der Waals surface area contributed by atoms with Crippen LogP contribution in [0.15, 0.2) is 47.4 Å². The molecule has 0 saturated heterocycles. The first kappa shape index (κ1) is 19.7. The normalized spacial score (nSPS) is 12.6. The van der Waals surface area contributed by atoms with Gasteiger partial charge >= 0.3 is 0 Å². The molecule has 0 heterocycles. The zero-order valence-electron chi connectivity index (χ0n) is 13.7. The van der Waals surface area contributed by atoms with Crippen molar-refractivity contribution >= 4 is 44.8 Å². The summed E-state index contributed by atoms with van der Waals surface area (Å²) in [6.45, 7) is 3.48. The molecule has 25 heavy (non-hydrogen) atoms. The van der Waals surface area contributed by atoms with Gasteiger partial charge in [-0.3, -0.25) is 4.79 Å². The van der Waals surface area contributed by atoms with Gasteiger partial charge in [0.05, 0.1) is 11.1 Å². The van der Waals surface area contributed by atoms with Crippen molar-refractivity contribution in [2.45, 2.75) is 31.2 Å². The van der Waals surface area contributed by atoms with E-state index in [0.717, 1.165) is 12.0 Å². The van der Waals surface area contributed by atoms with Crippen LogP contribution in [0.2, 0.25) is 10.0 Å². The highest BCUT2D eigenvalue weighted by atomic mass is 35.5. The number of hydrogen-bond donors (Lipinski definition) is 2. The third-order valence-corrected chi connectivity index (χ3v) is 5.80. The number of halogens is 2. The Kier molecular flexibility index (Phi) is 6.46. The lowest BCUT2D eigenvalue weighted by Crippen LogP contribution is -2.41. The average Bonchev–Trinajstić information content (AvgIpc) is 2.57. The molecule has 0 aliphatic carbocycles. The van der Waals surface area contributed by atoms with Gasteiger partial charge in [0.25, 0.3) is 0 Å². The Morgan fingerprint density at radius 1 is 1.12 bits per heavy atom. The van der Waals surface area contributed by atoms with E-state index in [2.05, 4.69) is 10.0 Å². The largest absolute Gasteiger partial charge is 0.325 e. The van der Waals surface area contributed by atoms with Crippen LogP contribution in [0.4, 0.5) is 5.69 Å². The number of anilines is 1. The molecular formula is C17H18Cl2N2O3S. The van der Waals surface area contributed by atoms with Crippen LogP contribution in [-0.2, 0) is 21.2 Å². The summed E-state index contributed by atoms with van der Waals surface area (Å²) in [5, 5.41) is 2.93. The second-order valence-electron chi connectivity index (χ2n) is 5.46. The summed E-state index contributed by atoms with van der Waals surface area (Å²) >= 11 is 11.7. The molecule has 2 aromatic carbocycles. The Hall–Kier alpha value is -1.60. The van der Waals surface area contributed by atoms with Gasteiger partial charge in [-0.2, -0.15) is 4.72 Å². The van der Waals surface area contributed by atoms with E-state index in [1.54, 1.807) is 12.1 Å². The third kappa shape index (κ3) is 5.19. The fraction of sp³-hybridized carbons (Fsp3) is 0.235. The third-order valence-electron chi connectivity index (χ3n) is 3.54. The molecule has 2 N–H and O–H groups in total. The van der Waals surface area contributed by atoms with Crippen LogP contribution in [0.5, 0.6) is 0 Å². The lowest BCUT2D eigenvalue weighted by atomic mass is 10.1. The standard InChI is InChI=1S/C17H18Cl2N2O3S/c1-3-12-4-7-14(8-5-12)20-17(22)11(2)21-25(23,24)16-10-13(18)6-9-15(16)19/h4-11,21H,3H2,1-2H3,(H,20,22). The van der Waals surface area contributed by atoms with E-state index in [0.29, 0.717) is 5.69 Å². The fourth-order valence-electron chi connectivity index (χ4n) is 2.11. The minimum Gasteiger partial charge on any atom is -0.325 e. The summed E-state index contributed by atoms with van der Waals surface area (Å²) < 4.78 is 27.1. The zero-order chi connectivity index (χ0) is 18.6. The van der Waals surface area contributed by atoms with Gasteiger partial charge in [0.15, 0.2) is 0 Å². The molecule has 0 aliphatic heterocycles. The van der Waals surface area contributed by atoms with Gasteiger partial charge < -0.3 is 5.32 Å². The van der Waals surface area contributed by atoms with E-state index in [1.807, 2.05) is 19.1 Å². The van der Waals surface area contributed by atoms with Crippen LogP contribution >= 0.6 is 23.2 Å². The van der Waals surface area contributed by atoms with Crippen molar-refractivity contribution in [2.75, 3.05) is 5.32 Å². The molecule has 0 radical (unpaired) electrons. The van der Waals surface area contributed by atoms with Crippen LogP contribution in [0.1, 0.15) is 19.4 Å². The van der Waals surface area contributed by atoms with E-state index in [1.165, 1.54) is 25.1 Å². The van der Waals surface area contributed by atoms with E-state index >= 15 is 0 Å². The smallest absolute Gasteiger partial charge is 0.242 e. The van der Waals surface area contributed by atoms with E-state index in [4.69, 9.17) is 23.2 Å². The Morgan fingerprint density at radius 3 is 2.36 bits per heavy atom. The van der Waals surface area contributed by atoms with Gasteiger partial charge in [-0.1, -0.05) is 42.3 Å². The SMILES string of the molecule is CCc1ccc(NC(=O)C(C)NS(=O)(=O)c2cc(Cl)ccc2Cl)cc1. The van der Waals surface area contributed by atoms with Gasteiger partial charge in [-0.05, 0) is 49.2 Å². The minimum atomic E-state index is -3.99. The number of hydrogen-bond acceptors (Lipinski definition) is 3. The number of benzene rings is 2. The molecule has 1 atom stereocenters. The molecule has 0 fully saturated rings. The highest BCUT2D eigenvalue weighted by Gasteiger charge is 2.24. The second kappa shape index (κ2) is 8.19. The molecule has 5 nitrogen and oxygen atoms in total. The first-order valence-corrected chi connectivity index (χ1v) is 9.84. The molecular weight excluding hydrogens is 383 g/mol. The van der Waals surface area contributed by atoms with E-state index in [9.17, 15) is 13.2 Å². The van der Waals surface area contributed by atoms with E-state index in [-0.39, 0.29) is 14.9 Å². The molecule has 0 bridgehead atoms. The maximum Gasteiger partial charge on any atom is 0.242 e. The second-order valence-corrected chi connectivity index (χ2v) is 7.98. The summed E-state index contributed by atoms with van der Waals surface area (Å²) in [4.78, 5) is 12.1. The summed E-state index contributed by atoms with van der Waals surface area (Å²) in [6, 6.07) is 10.5. The number of carbonyl (C=O) groups is 1. The van der Waals surface area contributed by atoms with Crippen molar-refractivity contribution in [3.8, 4) is 0 Å². The lowest BCUT2D eigenvalue weighted by Gasteiger charge is -2.15. The van der Waals surface area contributed by atoms with Crippen molar-refractivity contribution < 1.29 is 13.2 Å². The monoisotopic (exact) mass is 400 g/mol. The highest BCUT2D eigenvalue weighted by molar-refractivity contribution is 7.89. The van der Waals surface area contributed by atoms with Gasteiger partial charge in [0.1, 0.15) is 4.90 Å². The number of aryl methyl sites for hydroxylation is 1. The molecule has 2 rings (SSSR count). The molecule has 0 aromatic heterocycles. The van der Waals surface area contributed by atoms with Gasteiger partial charge in [-0.15, -0.1) is 0 Å². The number of carbonyl (C=O) groups excluding carboxylic acids is 1. The molecule has 2 aromatic rings. The number of rotatable bonds is 6. The molecule has 0 saturated carbocycles. The molecule has 134 valence electrons. The summed E-state index contributed by atoms with van der Waals surface area (Å²) in [5.41, 5.74) is 1.73. The van der Waals surface area contributed by atoms with Crippen LogP contribution < -0.4 is 10.0 Å². The van der Waals surface area contributed by atoms with Gasteiger partial charge in [0.2, 0.25) is 15.9 Å². The van der Waals surface area contributed by atoms with Crippen LogP contribution in [0, 0.1) is 0 Å². The van der Waals surface area contributed by atoms with Gasteiger partial charge in [-0.25, -0.2) is 8.42 Å². The molecule has 1 amide bonds. The molecule has 0 spiro atoms. The Morgan fingerprint density at radius 2 is 1.76 bits per heavy atom. The quantitative estimate of drug-likeness (QED) is 0.772. The fourth-order valence-corrected chi connectivity index (χ4v) is 4.07. The zero-order valence-corrected chi connectivity index (χ0v) is 16.0. The summed E-state index contributed by atoms with van der Waals surface area (Å²) in [7, 11) is -3.99. The molecule has 1 unspecified atom stereocenters. The van der Waals surface area contributed by atoms with Crippen molar-refractivity contribution in [3.63, 3.8) is 0 Å². The lowest BCUT2D eigenvalue weighted by molar-refractivity contribution is -0.117. The van der Waals surface area contributed by atoms with E-state index < -0.39 is 22.0 Å². The molecule has 8 heteroatoms. The maximum absolute atomic E-state index is 12.4. The van der Waals surface area contributed by atoms with Crippen molar-refractivity contribution in [3.05, 3.63) is 58.1 Å². The first-order valence-electron chi connectivity index (χ1n) is 7.60. The highest BCUT2D eigenvalue weighted by Crippen LogP contribution is 2.25. The van der Waals surface area contributed by atoms with Crippen molar-refractivity contribution in [1.82, 2.24) is 4.72 Å². The maximum atomic E-state index is 12.4. The predicted octanol–water partition coefficient (Wildman–Crippen LogP) is 3.86. The van der Waals surface area contributed by atoms with Crippen molar-refractivity contribution in [2.24, 2.45) is 0 Å². The van der Waals surface area contributed by atoms with Crippen LogP contribution in [0.3, 0.4) is 0 Å². The summed E-state index contributed by atoms with van der Waals surface area (Å²) in [5.74, 6) is -0.481. The number of nitrogens with one attached hydrogen (secondary N) is 2. The Labute approximate surface area is 157 Å². The van der Waals surface area contributed by atoms with Crippen molar-refractivity contribution in [1.29, 1.82) is 0 Å². The van der Waals surface area contributed by atoms with Crippen LogP contribution in [-0.4, -0.2) is 20.4 Å². The van der Waals surface area contributed by atoms with Gasteiger partial charge in [0, 0.05) is 10.7 Å².